The zero-order valence-corrected chi connectivity index (χ0v) is 23.8. The van der Waals surface area contributed by atoms with Crippen LogP contribution >= 0.6 is 11.8 Å². The van der Waals surface area contributed by atoms with Crippen LogP contribution in [0.2, 0.25) is 0 Å². The number of carbonyl (C=O) groups is 1. The minimum atomic E-state index is -0.647. The highest BCUT2D eigenvalue weighted by atomic mass is 32.2. The molecule has 12 heteroatoms. The zero-order valence-electron chi connectivity index (χ0n) is 23.0. The Morgan fingerprint density at radius 3 is 2.77 bits per heavy atom. The predicted octanol–water partition coefficient (Wildman–Crippen LogP) is 5.02. The quantitative estimate of drug-likeness (QED) is 0.317. The van der Waals surface area contributed by atoms with Gasteiger partial charge in [0.25, 0.3) is 0 Å². The molecule has 5 heterocycles. The molecule has 1 amide bonds. The molecule has 0 saturated heterocycles. The van der Waals surface area contributed by atoms with E-state index >= 15 is 0 Å². The number of hydrogen-bond acceptors (Lipinski definition) is 9. The van der Waals surface area contributed by atoms with E-state index in [4.69, 9.17) is 19.6 Å². The van der Waals surface area contributed by atoms with Crippen molar-refractivity contribution < 1.29 is 14.3 Å². The molecule has 4 aromatic rings. The lowest BCUT2D eigenvalue weighted by Crippen LogP contribution is -2.28. The Balaban J connectivity index is 1.55. The van der Waals surface area contributed by atoms with Crippen LogP contribution in [0.5, 0.6) is 5.75 Å². The smallest absolute Gasteiger partial charge is 0.414 e. The number of methoxy groups -OCH3 is 1. The van der Waals surface area contributed by atoms with Crippen LogP contribution in [0, 0.1) is 13.8 Å². The normalized spacial score (nSPS) is 13.2. The number of anilines is 1. The van der Waals surface area contributed by atoms with Crippen molar-refractivity contribution in [2.75, 3.05) is 18.2 Å². The van der Waals surface area contributed by atoms with Gasteiger partial charge in [0.2, 0.25) is 5.95 Å². The van der Waals surface area contributed by atoms with Crippen molar-refractivity contribution in [3.05, 3.63) is 53.0 Å². The molecule has 39 heavy (non-hydrogen) atoms. The number of pyridine rings is 1. The van der Waals surface area contributed by atoms with Gasteiger partial charge in [-0.3, -0.25) is 10.3 Å². The van der Waals surface area contributed by atoms with Gasteiger partial charge in [-0.15, -0.1) is 11.8 Å². The first-order valence-corrected chi connectivity index (χ1v) is 13.7. The molecular weight excluding hydrogens is 516 g/mol. The Morgan fingerprint density at radius 1 is 1.23 bits per heavy atom. The summed E-state index contributed by atoms with van der Waals surface area (Å²) in [6, 6.07) is 0. The summed E-state index contributed by atoms with van der Waals surface area (Å²) in [5, 5.41) is 9.26. The number of nitrogens with one attached hydrogen (secondary N) is 1. The van der Waals surface area contributed by atoms with Crippen molar-refractivity contribution in [2.45, 2.75) is 64.8 Å². The molecule has 0 spiro atoms. The van der Waals surface area contributed by atoms with Gasteiger partial charge in [0.1, 0.15) is 16.4 Å². The van der Waals surface area contributed by atoms with E-state index in [9.17, 15) is 4.79 Å². The molecular formula is C27H32N8O3S. The Kier molecular flexibility index (Phi) is 7.30. The molecule has 0 saturated carbocycles. The molecule has 0 aromatic carbocycles. The summed E-state index contributed by atoms with van der Waals surface area (Å²) in [4.78, 5) is 30.7. The summed E-state index contributed by atoms with van der Waals surface area (Å²) in [6.45, 7) is 10.6. The molecule has 1 N–H and O–H groups in total. The first-order valence-electron chi connectivity index (χ1n) is 12.7. The average Bonchev–Trinajstić information content (AvgIpc) is 3.45. The molecule has 0 bridgehead atoms. The second-order valence-electron chi connectivity index (χ2n) is 10.4. The van der Waals surface area contributed by atoms with Gasteiger partial charge in [0.05, 0.1) is 36.8 Å². The van der Waals surface area contributed by atoms with Crippen LogP contribution in [-0.4, -0.2) is 58.8 Å². The maximum absolute atomic E-state index is 12.5. The summed E-state index contributed by atoms with van der Waals surface area (Å²) in [5.74, 6) is 1.72. The molecule has 1 aliphatic heterocycles. The maximum atomic E-state index is 12.5. The Hall–Kier alpha value is -3.93. The lowest BCUT2D eigenvalue weighted by atomic mass is 10.1. The Labute approximate surface area is 231 Å². The molecule has 4 aromatic heterocycles. The maximum Gasteiger partial charge on any atom is 0.414 e. The predicted molar refractivity (Wildman–Crippen MR) is 150 cm³/mol. The third-order valence-corrected chi connectivity index (χ3v) is 7.32. The minimum absolute atomic E-state index is 0.167. The lowest BCUT2D eigenvalue weighted by Gasteiger charge is -2.19. The molecule has 0 fully saturated rings. The van der Waals surface area contributed by atoms with Crippen molar-refractivity contribution in [1.82, 2.24) is 34.3 Å². The fraction of sp³-hybridized carbons (Fsp3) is 0.407. The monoisotopic (exact) mass is 548 g/mol. The van der Waals surface area contributed by atoms with Crippen LogP contribution in [0.15, 0.2) is 35.5 Å². The molecule has 0 aliphatic carbocycles. The van der Waals surface area contributed by atoms with Crippen molar-refractivity contribution in [3.63, 3.8) is 0 Å². The Bertz CT molecular complexity index is 1550. The van der Waals surface area contributed by atoms with E-state index < -0.39 is 11.7 Å². The molecule has 1 aliphatic rings. The number of ether oxygens (including phenoxy) is 2. The van der Waals surface area contributed by atoms with Gasteiger partial charge < -0.3 is 14.0 Å². The molecule has 204 valence electrons. The van der Waals surface area contributed by atoms with Gasteiger partial charge >= 0.3 is 6.09 Å². The topological polar surface area (TPSA) is 122 Å². The van der Waals surface area contributed by atoms with E-state index in [0.717, 1.165) is 57.4 Å². The number of aryl methyl sites for hydroxylation is 2. The second-order valence-corrected chi connectivity index (χ2v) is 11.4. The summed E-state index contributed by atoms with van der Waals surface area (Å²) >= 11 is 1.61. The summed E-state index contributed by atoms with van der Waals surface area (Å²) in [5.41, 5.74) is 4.73. The van der Waals surface area contributed by atoms with Crippen molar-refractivity contribution in [2.24, 2.45) is 0 Å². The van der Waals surface area contributed by atoms with E-state index in [2.05, 4.69) is 30.9 Å². The number of rotatable bonds is 7. The summed E-state index contributed by atoms with van der Waals surface area (Å²) < 4.78 is 14.9. The number of thioether (sulfide) groups is 1. The van der Waals surface area contributed by atoms with Crippen LogP contribution in [0.25, 0.3) is 17.1 Å². The molecule has 0 unspecified atom stereocenters. The van der Waals surface area contributed by atoms with E-state index in [-0.39, 0.29) is 5.95 Å². The molecule has 11 nitrogen and oxygen atoms in total. The lowest BCUT2D eigenvalue weighted by molar-refractivity contribution is 0.0634. The SMILES string of the molecule is COc1c(C)cnc(Cn2nc3c4c(nc(NC(=O)OC(C)(C)C)nc42)SCC(CCn2ccnc2)=C3)c1C. The summed E-state index contributed by atoms with van der Waals surface area (Å²) in [7, 11) is 1.66. The van der Waals surface area contributed by atoms with Crippen molar-refractivity contribution in [3.8, 4) is 5.75 Å². The second kappa shape index (κ2) is 10.7. The van der Waals surface area contributed by atoms with Crippen LogP contribution in [0.4, 0.5) is 10.7 Å². The van der Waals surface area contributed by atoms with Crippen LogP contribution in [0.1, 0.15) is 49.7 Å². The van der Waals surface area contributed by atoms with Crippen molar-refractivity contribution in [1.29, 1.82) is 0 Å². The van der Waals surface area contributed by atoms with Gasteiger partial charge in [-0.05, 0) is 47.1 Å². The minimum Gasteiger partial charge on any atom is -0.496 e. The number of carbonyl (C=O) groups excluding carboxylic acids is 1. The van der Waals surface area contributed by atoms with Crippen LogP contribution in [0.3, 0.4) is 0 Å². The largest absolute Gasteiger partial charge is 0.496 e. The van der Waals surface area contributed by atoms with E-state index in [1.165, 1.54) is 5.57 Å². The molecule has 5 rings (SSSR count). The average molecular weight is 549 g/mol. The number of hydrogen-bond donors (Lipinski definition) is 1. The van der Waals surface area contributed by atoms with Gasteiger partial charge in [0, 0.05) is 42.0 Å². The molecule has 0 atom stereocenters. The highest BCUT2D eigenvalue weighted by Gasteiger charge is 2.24. The number of amides is 1. The zero-order chi connectivity index (χ0) is 27.7. The van der Waals surface area contributed by atoms with Crippen molar-refractivity contribution >= 4 is 40.9 Å². The van der Waals surface area contributed by atoms with Gasteiger partial charge in [0.15, 0.2) is 5.65 Å². The number of aromatic nitrogens is 7. The first kappa shape index (κ1) is 26.7. The standard InChI is InChI=1S/C27H32N8O3S/c1-16-12-29-20(17(2)22(16)37-6)13-35-23-21-19(33-35)11-18(7-9-34-10-8-28-15-34)14-39-24(21)31-25(30-23)32-26(36)38-27(3,4)5/h8,10-12,15H,7,9,13-14H2,1-6H3,(H,30,31,32,36). The van der Waals surface area contributed by atoms with Crippen LogP contribution in [-0.2, 0) is 17.8 Å². The highest BCUT2D eigenvalue weighted by Crippen LogP contribution is 2.36. The van der Waals surface area contributed by atoms with E-state index in [0.29, 0.717) is 12.2 Å². The third-order valence-electron chi connectivity index (χ3n) is 6.23. The van der Waals surface area contributed by atoms with Gasteiger partial charge in [-0.2, -0.15) is 10.1 Å². The Morgan fingerprint density at radius 2 is 2.05 bits per heavy atom. The van der Waals surface area contributed by atoms with Gasteiger partial charge in [-0.25, -0.2) is 19.4 Å². The fourth-order valence-electron chi connectivity index (χ4n) is 4.44. The highest BCUT2D eigenvalue weighted by molar-refractivity contribution is 7.99. The van der Waals surface area contributed by atoms with Gasteiger partial charge in [-0.1, -0.05) is 5.57 Å². The van der Waals surface area contributed by atoms with Crippen LogP contribution < -0.4 is 10.1 Å². The molecule has 0 radical (unpaired) electrons. The summed E-state index contributed by atoms with van der Waals surface area (Å²) in [6.07, 6.45) is 9.71. The number of nitrogens with zero attached hydrogens (tertiary/aromatic N) is 7. The first-order chi connectivity index (χ1) is 18.6. The number of imidazole rings is 1. The fourth-order valence-corrected chi connectivity index (χ4v) is 5.48. The van der Waals surface area contributed by atoms with E-state index in [1.54, 1.807) is 31.3 Å². The third kappa shape index (κ3) is 5.90. The van der Waals surface area contributed by atoms with E-state index in [1.807, 2.05) is 51.8 Å².